The number of hydrogen-bond donors (Lipinski definition) is 0. The minimum absolute atomic E-state index is 0.116. The number of aromatic nitrogens is 2. The zero-order chi connectivity index (χ0) is 19.7. The average molecular weight is 375 g/mol. The maximum absolute atomic E-state index is 13.2. The first kappa shape index (κ1) is 18.3. The number of rotatable bonds is 4. The van der Waals surface area contributed by atoms with Crippen molar-refractivity contribution in [3.63, 3.8) is 0 Å². The molecule has 0 aliphatic carbocycles. The van der Waals surface area contributed by atoms with Crippen LogP contribution in [0.25, 0.3) is 5.69 Å². The van der Waals surface area contributed by atoms with Gasteiger partial charge in [-0.25, -0.2) is 4.68 Å². The summed E-state index contributed by atoms with van der Waals surface area (Å²) < 4.78 is 7.26. The molecular weight excluding hydrogens is 350 g/mol. The summed E-state index contributed by atoms with van der Waals surface area (Å²) >= 11 is 0. The summed E-state index contributed by atoms with van der Waals surface area (Å²) in [7, 11) is 1.67. The standard InChI is InChI=1S/C23H25N3O2/c1-16-21(17(2)26(24-16)19-9-5-4-6-10-19)15-23(27)25-13-7-8-18-14-20(28-3)11-12-22(18)25/h4-6,9-12,14H,7-8,13,15H2,1-3H3. The summed E-state index contributed by atoms with van der Waals surface area (Å²) in [5.74, 6) is 0.953. The highest BCUT2D eigenvalue weighted by Gasteiger charge is 2.25. The van der Waals surface area contributed by atoms with Crippen LogP contribution in [-0.2, 0) is 17.6 Å². The highest BCUT2D eigenvalue weighted by molar-refractivity contribution is 5.96. The number of carbonyl (C=O) groups is 1. The third-order valence-electron chi connectivity index (χ3n) is 5.48. The number of benzene rings is 2. The fourth-order valence-electron chi connectivity index (χ4n) is 3.96. The van der Waals surface area contributed by atoms with Crippen LogP contribution in [-0.4, -0.2) is 29.3 Å². The van der Waals surface area contributed by atoms with Gasteiger partial charge in [0, 0.05) is 23.5 Å². The predicted molar refractivity (Wildman–Crippen MR) is 110 cm³/mol. The van der Waals surface area contributed by atoms with Crippen molar-refractivity contribution in [1.29, 1.82) is 0 Å². The SMILES string of the molecule is COc1ccc2c(c1)CCCN2C(=O)Cc1c(C)nn(-c2ccccc2)c1C. The second-order valence-corrected chi connectivity index (χ2v) is 7.22. The van der Waals surface area contributed by atoms with Gasteiger partial charge in [-0.3, -0.25) is 4.79 Å². The molecule has 1 amide bonds. The number of anilines is 1. The number of amides is 1. The van der Waals surface area contributed by atoms with Gasteiger partial charge in [0.25, 0.3) is 0 Å². The number of nitrogens with zero attached hydrogens (tertiary/aromatic N) is 3. The first-order valence-corrected chi connectivity index (χ1v) is 9.66. The Morgan fingerprint density at radius 2 is 1.93 bits per heavy atom. The van der Waals surface area contributed by atoms with Gasteiger partial charge in [0.15, 0.2) is 0 Å². The van der Waals surface area contributed by atoms with Gasteiger partial charge in [0.2, 0.25) is 5.91 Å². The topological polar surface area (TPSA) is 47.4 Å². The van der Waals surface area contributed by atoms with Gasteiger partial charge in [-0.15, -0.1) is 0 Å². The molecule has 2 heterocycles. The zero-order valence-electron chi connectivity index (χ0n) is 16.6. The van der Waals surface area contributed by atoms with Crippen LogP contribution >= 0.6 is 0 Å². The summed E-state index contributed by atoms with van der Waals surface area (Å²) in [6.45, 7) is 4.76. The number of carbonyl (C=O) groups excluding carboxylic acids is 1. The highest BCUT2D eigenvalue weighted by atomic mass is 16.5. The lowest BCUT2D eigenvalue weighted by molar-refractivity contribution is -0.118. The van der Waals surface area contributed by atoms with E-state index in [1.165, 1.54) is 5.56 Å². The number of hydrogen-bond acceptors (Lipinski definition) is 3. The minimum atomic E-state index is 0.116. The van der Waals surface area contributed by atoms with Crippen molar-refractivity contribution in [2.24, 2.45) is 0 Å². The number of para-hydroxylation sites is 1. The summed E-state index contributed by atoms with van der Waals surface area (Å²) in [6.07, 6.45) is 2.30. The fourth-order valence-corrected chi connectivity index (χ4v) is 3.96. The smallest absolute Gasteiger partial charge is 0.231 e. The van der Waals surface area contributed by atoms with Crippen LogP contribution in [0.2, 0.25) is 0 Å². The molecule has 5 nitrogen and oxygen atoms in total. The molecule has 4 rings (SSSR count). The van der Waals surface area contributed by atoms with Gasteiger partial charge < -0.3 is 9.64 Å². The minimum Gasteiger partial charge on any atom is -0.497 e. The summed E-state index contributed by atoms with van der Waals surface area (Å²) in [5, 5.41) is 4.67. The van der Waals surface area contributed by atoms with Crippen molar-refractivity contribution in [3.05, 3.63) is 71.0 Å². The van der Waals surface area contributed by atoms with E-state index >= 15 is 0 Å². The molecule has 0 radical (unpaired) electrons. The van der Waals surface area contributed by atoms with Crippen LogP contribution in [0.1, 0.15) is 28.9 Å². The Morgan fingerprint density at radius 3 is 2.68 bits per heavy atom. The Hall–Kier alpha value is -3.08. The van der Waals surface area contributed by atoms with Crippen molar-refractivity contribution >= 4 is 11.6 Å². The Morgan fingerprint density at radius 1 is 1.14 bits per heavy atom. The molecule has 144 valence electrons. The molecule has 1 aromatic heterocycles. The van der Waals surface area contributed by atoms with E-state index in [1.807, 2.05) is 72.0 Å². The third kappa shape index (κ3) is 3.28. The Balaban J connectivity index is 1.61. The monoisotopic (exact) mass is 375 g/mol. The van der Waals surface area contributed by atoms with E-state index in [0.29, 0.717) is 6.42 Å². The molecule has 1 aliphatic heterocycles. The highest BCUT2D eigenvalue weighted by Crippen LogP contribution is 2.31. The van der Waals surface area contributed by atoms with Crippen molar-refractivity contribution in [2.75, 3.05) is 18.6 Å². The van der Waals surface area contributed by atoms with Crippen LogP contribution in [0, 0.1) is 13.8 Å². The van der Waals surface area contributed by atoms with Gasteiger partial charge in [0.05, 0.1) is 24.9 Å². The van der Waals surface area contributed by atoms with Crippen LogP contribution in [0.4, 0.5) is 5.69 Å². The van der Waals surface area contributed by atoms with Crippen LogP contribution in [0.3, 0.4) is 0 Å². The number of aryl methyl sites for hydroxylation is 2. The Bertz CT molecular complexity index is 1010. The molecule has 0 fully saturated rings. The lowest BCUT2D eigenvalue weighted by Crippen LogP contribution is -2.36. The maximum Gasteiger partial charge on any atom is 0.231 e. The Labute approximate surface area is 165 Å². The van der Waals surface area contributed by atoms with E-state index in [9.17, 15) is 4.79 Å². The predicted octanol–water partition coefficient (Wildman–Crippen LogP) is 4.02. The zero-order valence-corrected chi connectivity index (χ0v) is 16.6. The van der Waals surface area contributed by atoms with Gasteiger partial charge in [-0.2, -0.15) is 5.10 Å². The largest absolute Gasteiger partial charge is 0.497 e. The first-order valence-electron chi connectivity index (χ1n) is 9.66. The van der Waals surface area contributed by atoms with Crippen molar-refractivity contribution in [1.82, 2.24) is 9.78 Å². The van der Waals surface area contributed by atoms with E-state index in [2.05, 4.69) is 5.10 Å². The van der Waals surface area contributed by atoms with Gasteiger partial charge in [0.1, 0.15) is 5.75 Å². The van der Waals surface area contributed by atoms with E-state index in [4.69, 9.17) is 4.74 Å². The lowest BCUT2D eigenvalue weighted by atomic mass is 10.00. The van der Waals surface area contributed by atoms with E-state index in [1.54, 1.807) is 7.11 Å². The molecule has 0 bridgehead atoms. The summed E-state index contributed by atoms with van der Waals surface area (Å²) in [5.41, 5.74) is 6.12. The third-order valence-corrected chi connectivity index (χ3v) is 5.48. The van der Waals surface area contributed by atoms with Gasteiger partial charge in [-0.05, 0) is 62.6 Å². The fraction of sp³-hybridized carbons (Fsp3) is 0.304. The molecule has 0 N–H and O–H groups in total. The number of ether oxygens (including phenoxy) is 1. The van der Waals surface area contributed by atoms with E-state index in [-0.39, 0.29) is 5.91 Å². The van der Waals surface area contributed by atoms with Crippen molar-refractivity contribution in [3.8, 4) is 11.4 Å². The Kier molecular flexibility index (Phi) is 4.90. The van der Waals surface area contributed by atoms with Gasteiger partial charge >= 0.3 is 0 Å². The molecule has 28 heavy (non-hydrogen) atoms. The molecule has 0 unspecified atom stereocenters. The van der Waals surface area contributed by atoms with Gasteiger partial charge in [-0.1, -0.05) is 18.2 Å². The molecule has 0 spiro atoms. The average Bonchev–Trinajstić information content (AvgIpc) is 3.01. The molecule has 0 atom stereocenters. The van der Waals surface area contributed by atoms with Crippen LogP contribution in [0.5, 0.6) is 5.75 Å². The van der Waals surface area contributed by atoms with E-state index < -0.39 is 0 Å². The number of methoxy groups -OCH3 is 1. The van der Waals surface area contributed by atoms with Crippen molar-refractivity contribution < 1.29 is 9.53 Å². The van der Waals surface area contributed by atoms with Crippen molar-refractivity contribution in [2.45, 2.75) is 33.1 Å². The quantitative estimate of drug-likeness (QED) is 0.692. The molecule has 0 saturated heterocycles. The lowest BCUT2D eigenvalue weighted by Gasteiger charge is -2.30. The molecular formula is C23H25N3O2. The second-order valence-electron chi connectivity index (χ2n) is 7.22. The number of fused-ring (bicyclic) bond motifs is 1. The molecule has 1 aliphatic rings. The van der Waals surface area contributed by atoms with Crippen LogP contribution < -0.4 is 9.64 Å². The van der Waals surface area contributed by atoms with Crippen LogP contribution in [0.15, 0.2) is 48.5 Å². The first-order chi connectivity index (χ1) is 13.6. The molecule has 5 heteroatoms. The second kappa shape index (κ2) is 7.50. The molecule has 0 saturated carbocycles. The molecule has 2 aromatic carbocycles. The summed E-state index contributed by atoms with van der Waals surface area (Å²) in [6, 6.07) is 16.0. The normalized spacial score (nSPS) is 13.3. The summed E-state index contributed by atoms with van der Waals surface area (Å²) in [4.78, 5) is 15.1. The maximum atomic E-state index is 13.2. The molecule has 3 aromatic rings. The van der Waals surface area contributed by atoms with E-state index in [0.717, 1.165) is 53.5 Å².